The molecule has 0 spiro atoms. The van der Waals surface area contributed by atoms with Crippen molar-refractivity contribution in [3.8, 4) is 0 Å². The van der Waals surface area contributed by atoms with Crippen LogP contribution in [0.4, 0.5) is 8.78 Å². The lowest BCUT2D eigenvalue weighted by molar-refractivity contribution is -0.127. The molecule has 5 rings (SSSR count). The maximum absolute atomic E-state index is 13.4. The average Bonchev–Trinajstić information content (AvgIpc) is 3.41. The summed E-state index contributed by atoms with van der Waals surface area (Å²) in [5.41, 5.74) is 5.51. The molecular formula is C34H40F2N2O3. The molecule has 41 heavy (non-hydrogen) atoms. The standard InChI is InChI=1S/C34H40F2N2O3/c1-22-4-3-5-30-31(20-37-34(22)30)29-10-7-23(18-32(29)41-2)6-9-26(21-39)25-12-14-38(15-13-25)33(40)11-8-24-16-27(35)19-28(36)17-24/h3-6,8,11,16-17,19-20,25-26,29,32,37,39H,7,9-10,12-15,18,21H2,1-2H3/b11-8+,23-6?/t26?,29-,32?/m1/s1. The van der Waals surface area contributed by atoms with Crippen molar-refractivity contribution < 1.29 is 23.4 Å². The highest BCUT2D eigenvalue weighted by Crippen LogP contribution is 2.41. The highest BCUT2D eigenvalue weighted by Gasteiger charge is 2.31. The second-order valence-electron chi connectivity index (χ2n) is 11.6. The Morgan fingerprint density at radius 1 is 1.17 bits per heavy atom. The van der Waals surface area contributed by atoms with Gasteiger partial charge < -0.3 is 19.7 Å². The number of rotatable bonds is 8. The van der Waals surface area contributed by atoms with Crippen molar-refractivity contribution in [1.29, 1.82) is 0 Å². The van der Waals surface area contributed by atoms with Gasteiger partial charge in [-0.3, -0.25) is 4.79 Å². The second kappa shape index (κ2) is 13.1. The normalized spacial score (nSPS) is 22.2. The van der Waals surface area contributed by atoms with Gasteiger partial charge in [-0.15, -0.1) is 0 Å². The molecule has 2 heterocycles. The third-order valence-corrected chi connectivity index (χ3v) is 9.11. The van der Waals surface area contributed by atoms with Crippen molar-refractivity contribution in [2.24, 2.45) is 11.8 Å². The zero-order valence-corrected chi connectivity index (χ0v) is 23.9. The number of aryl methyl sites for hydroxylation is 1. The minimum absolute atomic E-state index is 0.119. The smallest absolute Gasteiger partial charge is 0.246 e. The molecule has 1 aliphatic carbocycles. The number of aliphatic hydroxyl groups excluding tert-OH is 1. The number of fused-ring (bicyclic) bond motifs is 1. The lowest BCUT2D eigenvalue weighted by Gasteiger charge is -2.35. The average molecular weight is 563 g/mol. The number of aliphatic hydroxyl groups is 1. The van der Waals surface area contributed by atoms with Gasteiger partial charge in [0.25, 0.3) is 0 Å². The molecule has 2 aliphatic rings. The van der Waals surface area contributed by atoms with Crippen LogP contribution in [0.25, 0.3) is 17.0 Å². The van der Waals surface area contributed by atoms with Crippen LogP contribution in [0.2, 0.25) is 0 Å². The van der Waals surface area contributed by atoms with Crippen molar-refractivity contribution in [1.82, 2.24) is 9.88 Å². The van der Waals surface area contributed by atoms with Crippen LogP contribution in [0.1, 0.15) is 61.1 Å². The third-order valence-electron chi connectivity index (χ3n) is 9.11. The number of halogens is 2. The van der Waals surface area contributed by atoms with Gasteiger partial charge in [0.1, 0.15) is 11.6 Å². The van der Waals surface area contributed by atoms with E-state index in [1.54, 1.807) is 12.0 Å². The Kier molecular flexibility index (Phi) is 9.35. The van der Waals surface area contributed by atoms with Crippen LogP contribution in [0.3, 0.4) is 0 Å². The van der Waals surface area contributed by atoms with Crippen LogP contribution in [0, 0.1) is 30.4 Å². The Labute approximate surface area is 240 Å². The molecule has 0 radical (unpaired) electrons. The van der Waals surface area contributed by atoms with E-state index in [1.165, 1.54) is 51.9 Å². The molecule has 1 aliphatic heterocycles. The first-order valence-electron chi connectivity index (χ1n) is 14.7. The SMILES string of the molecule is COC1CC(=CCC(CO)C2CCN(C(=O)/C=C/c3cc(F)cc(F)c3)CC2)CC[C@@H]1c1c[nH]c2c(C)cccc12. The van der Waals surface area contributed by atoms with Gasteiger partial charge in [0.2, 0.25) is 5.91 Å². The maximum atomic E-state index is 13.4. The zero-order chi connectivity index (χ0) is 28.9. The van der Waals surface area contributed by atoms with E-state index in [-0.39, 0.29) is 24.5 Å². The van der Waals surface area contributed by atoms with E-state index in [2.05, 4.69) is 42.4 Å². The van der Waals surface area contributed by atoms with E-state index in [4.69, 9.17) is 4.74 Å². The Morgan fingerprint density at radius 2 is 1.93 bits per heavy atom. The molecular weight excluding hydrogens is 522 g/mol. The van der Waals surface area contributed by atoms with Crippen molar-refractivity contribution in [3.63, 3.8) is 0 Å². The third kappa shape index (κ3) is 6.79. The van der Waals surface area contributed by atoms with E-state index < -0.39 is 11.6 Å². The second-order valence-corrected chi connectivity index (χ2v) is 11.6. The zero-order valence-electron chi connectivity index (χ0n) is 23.9. The largest absolute Gasteiger partial charge is 0.396 e. The van der Waals surface area contributed by atoms with E-state index in [0.29, 0.717) is 30.5 Å². The number of para-hydroxylation sites is 1. The lowest BCUT2D eigenvalue weighted by atomic mass is 9.77. The number of H-pyrrole nitrogens is 1. The van der Waals surface area contributed by atoms with Crippen LogP contribution < -0.4 is 0 Å². The number of carbonyl (C=O) groups is 1. The summed E-state index contributed by atoms with van der Waals surface area (Å²) in [7, 11) is 1.80. The van der Waals surface area contributed by atoms with Gasteiger partial charge in [0.15, 0.2) is 0 Å². The molecule has 0 bridgehead atoms. The molecule has 2 fully saturated rings. The van der Waals surface area contributed by atoms with E-state index in [1.807, 2.05) is 0 Å². The summed E-state index contributed by atoms with van der Waals surface area (Å²) in [6.07, 6.45) is 12.8. The minimum Gasteiger partial charge on any atom is -0.396 e. The van der Waals surface area contributed by atoms with Gasteiger partial charge in [0.05, 0.1) is 6.10 Å². The number of amides is 1. The molecule has 3 aromatic rings. The summed E-state index contributed by atoms with van der Waals surface area (Å²) in [5.74, 6) is -0.663. The fourth-order valence-corrected chi connectivity index (χ4v) is 6.72. The molecule has 218 valence electrons. The van der Waals surface area contributed by atoms with Crippen LogP contribution in [0.15, 0.2) is 60.3 Å². The van der Waals surface area contributed by atoms with Gasteiger partial charge in [-0.2, -0.15) is 0 Å². The van der Waals surface area contributed by atoms with Gasteiger partial charge in [-0.05, 0) is 92.2 Å². The number of likely N-dealkylation sites (tertiary alicyclic amines) is 1. The predicted octanol–water partition coefficient (Wildman–Crippen LogP) is 6.91. The fraction of sp³-hybridized carbons (Fsp3) is 0.441. The Bertz CT molecular complexity index is 1400. The predicted molar refractivity (Wildman–Crippen MR) is 158 cm³/mol. The molecule has 1 saturated heterocycles. The topological polar surface area (TPSA) is 65.6 Å². The number of aromatic amines is 1. The van der Waals surface area contributed by atoms with Gasteiger partial charge >= 0.3 is 0 Å². The Hall–Kier alpha value is -3.29. The molecule has 2 unspecified atom stereocenters. The summed E-state index contributed by atoms with van der Waals surface area (Å²) in [6.45, 7) is 3.47. The van der Waals surface area contributed by atoms with E-state index in [0.717, 1.165) is 44.6 Å². The van der Waals surface area contributed by atoms with E-state index in [9.17, 15) is 18.7 Å². The molecule has 7 heteroatoms. The summed E-state index contributed by atoms with van der Waals surface area (Å²) in [6, 6.07) is 9.65. The van der Waals surface area contributed by atoms with Gasteiger partial charge in [-0.1, -0.05) is 29.8 Å². The number of allylic oxidation sites excluding steroid dienone is 1. The first kappa shape index (κ1) is 29.2. The highest BCUT2D eigenvalue weighted by molar-refractivity contribution is 5.91. The number of methoxy groups -OCH3 is 1. The van der Waals surface area contributed by atoms with Crippen molar-refractivity contribution in [2.45, 2.75) is 57.5 Å². The van der Waals surface area contributed by atoms with Crippen molar-refractivity contribution in [3.05, 3.63) is 88.6 Å². The number of piperidine rings is 1. The highest BCUT2D eigenvalue weighted by atomic mass is 19.1. The minimum atomic E-state index is -0.668. The fourth-order valence-electron chi connectivity index (χ4n) is 6.72. The monoisotopic (exact) mass is 562 g/mol. The number of ether oxygens (including phenoxy) is 1. The van der Waals surface area contributed by atoms with Crippen LogP contribution in [0.5, 0.6) is 0 Å². The van der Waals surface area contributed by atoms with E-state index >= 15 is 0 Å². The maximum Gasteiger partial charge on any atom is 0.246 e. The van der Waals surface area contributed by atoms with Gasteiger partial charge in [0, 0.05) is 62.0 Å². The Morgan fingerprint density at radius 3 is 2.63 bits per heavy atom. The summed E-state index contributed by atoms with van der Waals surface area (Å²) in [4.78, 5) is 17.9. The molecule has 1 aromatic heterocycles. The quantitative estimate of drug-likeness (QED) is 0.232. The number of hydrogen-bond acceptors (Lipinski definition) is 3. The van der Waals surface area contributed by atoms with Crippen LogP contribution in [-0.2, 0) is 9.53 Å². The van der Waals surface area contributed by atoms with Gasteiger partial charge in [-0.25, -0.2) is 8.78 Å². The van der Waals surface area contributed by atoms with Crippen molar-refractivity contribution in [2.75, 3.05) is 26.8 Å². The number of nitrogens with zero attached hydrogens (tertiary/aromatic N) is 1. The first-order valence-corrected chi connectivity index (χ1v) is 14.7. The van der Waals surface area contributed by atoms with Crippen molar-refractivity contribution >= 4 is 22.9 Å². The summed E-state index contributed by atoms with van der Waals surface area (Å²) < 4.78 is 32.8. The molecule has 5 nitrogen and oxygen atoms in total. The lowest BCUT2D eigenvalue weighted by Crippen LogP contribution is -2.39. The number of nitrogens with one attached hydrogen (secondary N) is 1. The van der Waals surface area contributed by atoms with Crippen LogP contribution in [-0.4, -0.2) is 53.8 Å². The first-order chi connectivity index (χ1) is 19.9. The molecule has 2 aromatic carbocycles. The summed E-state index contributed by atoms with van der Waals surface area (Å²) >= 11 is 0. The molecule has 3 atom stereocenters. The number of aromatic nitrogens is 1. The summed E-state index contributed by atoms with van der Waals surface area (Å²) in [5, 5.41) is 11.5. The number of hydrogen-bond donors (Lipinski definition) is 2. The number of benzene rings is 2. The molecule has 2 N–H and O–H groups in total. The molecule has 1 saturated carbocycles. The van der Waals surface area contributed by atoms with Crippen LogP contribution >= 0.6 is 0 Å². The Balaban J connectivity index is 1.14. The molecule has 1 amide bonds. The number of carbonyl (C=O) groups excluding carboxylic acids is 1.